The fraction of sp³-hybridized carbons (Fsp3) is 0.455. The Hall–Kier alpha value is -1.77. The second kappa shape index (κ2) is 8.08. The average molecular weight is 390 g/mol. The molecule has 2 aromatic carbocycles. The van der Waals surface area contributed by atoms with Gasteiger partial charge in [0.25, 0.3) is 0 Å². The van der Waals surface area contributed by atoms with Crippen LogP contribution >= 0.6 is 7.82 Å². The zero-order chi connectivity index (χ0) is 20.3. The summed E-state index contributed by atoms with van der Waals surface area (Å²) in [5.74, 6) is 0.928. The zero-order valence-corrected chi connectivity index (χ0v) is 18.3. The molecule has 0 aliphatic heterocycles. The van der Waals surface area contributed by atoms with Gasteiger partial charge in [-0.2, -0.15) is 0 Å². The Bertz CT molecular complexity index is 752. The van der Waals surface area contributed by atoms with E-state index in [0.717, 1.165) is 11.1 Å². The van der Waals surface area contributed by atoms with Crippen molar-refractivity contribution < 1.29 is 18.1 Å². The molecular formula is C22H31O4P. The molecule has 5 heteroatoms. The molecule has 0 radical (unpaired) electrons. The van der Waals surface area contributed by atoms with E-state index in [2.05, 4.69) is 41.5 Å². The fourth-order valence-corrected chi connectivity index (χ4v) is 3.73. The van der Waals surface area contributed by atoms with Crippen LogP contribution in [-0.4, -0.2) is 6.61 Å². The molecule has 0 fully saturated rings. The van der Waals surface area contributed by atoms with E-state index < -0.39 is 7.82 Å². The van der Waals surface area contributed by atoms with Crippen LogP contribution in [0.5, 0.6) is 11.5 Å². The van der Waals surface area contributed by atoms with Gasteiger partial charge in [-0.25, -0.2) is 4.57 Å². The third kappa shape index (κ3) is 6.12. The van der Waals surface area contributed by atoms with Crippen molar-refractivity contribution in [3.05, 3.63) is 59.7 Å². The van der Waals surface area contributed by atoms with E-state index in [0.29, 0.717) is 11.5 Å². The van der Waals surface area contributed by atoms with Crippen molar-refractivity contribution in [2.24, 2.45) is 0 Å². The topological polar surface area (TPSA) is 44.8 Å². The summed E-state index contributed by atoms with van der Waals surface area (Å²) in [7, 11) is -3.81. The van der Waals surface area contributed by atoms with E-state index in [4.69, 9.17) is 13.6 Å². The minimum Gasteiger partial charge on any atom is -0.395 e. The molecule has 148 valence electrons. The predicted molar refractivity (Wildman–Crippen MR) is 111 cm³/mol. The minimum atomic E-state index is -3.81. The summed E-state index contributed by atoms with van der Waals surface area (Å²) in [5, 5.41) is 0. The molecular weight excluding hydrogens is 359 g/mol. The van der Waals surface area contributed by atoms with Crippen LogP contribution in [0.4, 0.5) is 0 Å². The van der Waals surface area contributed by atoms with Gasteiger partial charge >= 0.3 is 7.82 Å². The number of hydrogen-bond acceptors (Lipinski definition) is 4. The van der Waals surface area contributed by atoms with E-state index >= 15 is 0 Å². The lowest BCUT2D eigenvalue weighted by Gasteiger charge is -2.23. The van der Waals surface area contributed by atoms with Gasteiger partial charge in [0.2, 0.25) is 0 Å². The maximum Gasteiger partial charge on any atom is 0.587 e. The molecule has 4 nitrogen and oxygen atoms in total. The Morgan fingerprint density at radius 2 is 1.19 bits per heavy atom. The van der Waals surface area contributed by atoms with Crippen LogP contribution in [-0.2, 0) is 19.9 Å². The maximum atomic E-state index is 13.2. The summed E-state index contributed by atoms with van der Waals surface area (Å²) in [6, 6.07) is 15.1. The first kappa shape index (κ1) is 21.5. The summed E-state index contributed by atoms with van der Waals surface area (Å²) in [4.78, 5) is 0. The van der Waals surface area contributed by atoms with Crippen LogP contribution in [0.3, 0.4) is 0 Å². The van der Waals surface area contributed by atoms with Gasteiger partial charge in [0.1, 0.15) is 11.5 Å². The van der Waals surface area contributed by atoms with Gasteiger partial charge in [0.15, 0.2) is 0 Å². The summed E-state index contributed by atoms with van der Waals surface area (Å²) in [6.45, 7) is 14.7. The van der Waals surface area contributed by atoms with Crippen molar-refractivity contribution in [3.8, 4) is 11.5 Å². The molecule has 0 aromatic heterocycles. The number of phosphoric acid groups is 1. The summed E-state index contributed by atoms with van der Waals surface area (Å²) in [5.41, 5.74) is 2.07. The molecule has 0 atom stereocenters. The Kier molecular flexibility index (Phi) is 6.44. The number of benzene rings is 2. The van der Waals surface area contributed by atoms with E-state index in [1.807, 2.05) is 36.4 Å². The van der Waals surface area contributed by atoms with Crippen molar-refractivity contribution in [2.45, 2.75) is 59.3 Å². The van der Waals surface area contributed by atoms with E-state index in [9.17, 15) is 4.57 Å². The highest BCUT2D eigenvalue weighted by molar-refractivity contribution is 7.49. The quantitative estimate of drug-likeness (QED) is 0.504. The van der Waals surface area contributed by atoms with Crippen molar-refractivity contribution in [1.29, 1.82) is 0 Å². The monoisotopic (exact) mass is 390 g/mol. The van der Waals surface area contributed by atoms with Crippen molar-refractivity contribution in [2.75, 3.05) is 6.61 Å². The Morgan fingerprint density at radius 1 is 0.778 bits per heavy atom. The van der Waals surface area contributed by atoms with Crippen LogP contribution < -0.4 is 9.05 Å². The molecule has 2 aromatic rings. The highest BCUT2D eigenvalue weighted by Gasteiger charge is 2.31. The van der Waals surface area contributed by atoms with Gasteiger partial charge in [-0.05, 0) is 53.1 Å². The van der Waals surface area contributed by atoms with Crippen LogP contribution in [0, 0.1) is 0 Å². The van der Waals surface area contributed by atoms with Crippen molar-refractivity contribution in [1.82, 2.24) is 0 Å². The van der Waals surface area contributed by atoms with Gasteiger partial charge < -0.3 is 9.05 Å². The number of hydrogen-bond donors (Lipinski definition) is 0. The molecule has 0 N–H and O–H groups in total. The van der Waals surface area contributed by atoms with E-state index in [1.54, 1.807) is 19.1 Å². The largest absolute Gasteiger partial charge is 0.587 e. The van der Waals surface area contributed by atoms with Gasteiger partial charge in [-0.1, -0.05) is 65.8 Å². The molecule has 0 saturated heterocycles. The molecule has 0 heterocycles. The lowest BCUT2D eigenvalue weighted by molar-refractivity contribution is 0.219. The Labute approximate surface area is 163 Å². The number of rotatable bonds is 6. The standard InChI is InChI=1S/C22H31O4P/c1-8-24-27(23,25-19-13-9-11-17(15-19)21(2,3)4)26-20-14-10-12-18(16-20)22(5,6)7/h9-16H,8H2,1-7H3. The van der Waals surface area contributed by atoms with Crippen molar-refractivity contribution >= 4 is 7.82 Å². The molecule has 0 unspecified atom stereocenters. The smallest absolute Gasteiger partial charge is 0.395 e. The van der Waals surface area contributed by atoms with Crippen LogP contribution in [0.1, 0.15) is 59.6 Å². The van der Waals surface area contributed by atoms with Crippen LogP contribution in [0.25, 0.3) is 0 Å². The fourth-order valence-electron chi connectivity index (χ4n) is 2.53. The van der Waals surface area contributed by atoms with Crippen LogP contribution in [0.15, 0.2) is 48.5 Å². The van der Waals surface area contributed by atoms with E-state index in [-0.39, 0.29) is 17.4 Å². The maximum absolute atomic E-state index is 13.2. The third-order valence-corrected chi connectivity index (χ3v) is 5.57. The first-order valence-electron chi connectivity index (χ1n) is 9.28. The molecule has 27 heavy (non-hydrogen) atoms. The van der Waals surface area contributed by atoms with Gasteiger partial charge in [-0.3, -0.25) is 4.52 Å². The predicted octanol–water partition coefficient (Wildman–Crippen LogP) is 6.88. The second-order valence-electron chi connectivity index (χ2n) is 8.60. The third-order valence-electron chi connectivity index (χ3n) is 4.12. The first-order chi connectivity index (χ1) is 12.4. The molecule has 0 spiro atoms. The Balaban J connectivity index is 2.29. The average Bonchev–Trinajstić information content (AvgIpc) is 2.53. The highest BCUT2D eigenvalue weighted by Crippen LogP contribution is 2.50. The molecule has 0 aliphatic rings. The first-order valence-corrected chi connectivity index (χ1v) is 10.7. The molecule has 2 rings (SSSR count). The molecule has 0 amide bonds. The molecule has 0 saturated carbocycles. The summed E-state index contributed by atoms with van der Waals surface area (Å²) in [6.07, 6.45) is 0. The van der Waals surface area contributed by atoms with Gasteiger partial charge in [0, 0.05) is 0 Å². The van der Waals surface area contributed by atoms with Gasteiger partial charge in [0.05, 0.1) is 6.61 Å². The number of phosphoric ester groups is 1. The SMILES string of the molecule is CCOP(=O)(Oc1cccc(C(C)(C)C)c1)Oc1cccc(C(C)(C)C)c1. The summed E-state index contributed by atoms with van der Waals surface area (Å²) >= 11 is 0. The zero-order valence-electron chi connectivity index (χ0n) is 17.4. The normalized spacial score (nSPS) is 12.7. The lowest BCUT2D eigenvalue weighted by Crippen LogP contribution is -2.12. The molecule has 0 bridgehead atoms. The van der Waals surface area contributed by atoms with E-state index in [1.165, 1.54) is 0 Å². The van der Waals surface area contributed by atoms with Gasteiger partial charge in [-0.15, -0.1) is 0 Å². The van der Waals surface area contributed by atoms with Crippen molar-refractivity contribution in [3.63, 3.8) is 0 Å². The Morgan fingerprint density at radius 3 is 1.52 bits per heavy atom. The molecule has 0 aliphatic carbocycles. The summed E-state index contributed by atoms with van der Waals surface area (Å²) < 4.78 is 30.0. The second-order valence-corrected chi connectivity index (χ2v) is 10.1. The van der Waals surface area contributed by atoms with Crippen LogP contribution in [0.2, 0.25) is 0 Å². The minimum absolute atomic E-state index is 0.0448. The lowest BCUT2D eigenvalue weighted by atomic mass is 9.87. The highest BCUT2D eigenvalue weighted by atomic mass is 31.2.